The highest BCUT2D eigenvalue weighted by atomic mass is 35.5. The average Bonchev–Trinajstić information content (AvgIpc) is 2.96. The number of Topliss-reactive ketones (excluding diaryl/α,β-unsaturated/α-hetero) is 1. The maximum Gasteiger partial charge on any atom is 0.163 e. The minimum absolute atomic E-state index is 0.113. The van der Waals surface area contributed by atoms with Crippen LogP contribution in [0.4, 0.5) is 11.4 Å². The lowest BCUT2D eigenvalue weighted by Crippen LogP contribution is -2.27. The number of para-hydroxylation sites is 2. The lowest BCUT2D eigenvalue weighted by molar-refractivity contribution is -0.116. The second kappa shape index (κ2) is 8.12. The summed E-state index contributed by atoms with van der Waals surface area (Å²) in [7, 11) is 1.66. The number of carbonyl (C=O) groups is 1. The molecule has 4 nitrogen and oxygen atoms in total. The Bertz CT molecular complexity index is 1170. The van der Waals surface area contributed by atoms with Crippen molar-refractivity contribution in [1.82, 2.24) is 0 Å². The Kier molecular flexibility index (Phi) is 5.16. The van der Waals surface area contributed by atoms with Gasteiger partial charge in [-0.3, -0.25) is 4.79 Å². The number of ether oxygens (including phenoxy) is 1. The van der Waals surface area contributed by atoms with Crippen molar-refractivity contribution in [2.75, 3.05) is 17.7 Å². The fourth-order valence-corrected chi connectivity index (χ4v) is 4.79. The van der Waals surface area contributed by atoms with E-state index in [4.69, 9.17) is 16.3 Å². The van der Waals surface area contributed by atoms with E-state index in [1.165, 1.54) is 0 Å². The Morgan fingerprint density at radius 3 is 2.35 bits per heavy atom. The summed E-state index contributed by atoms with van der Waals surface area (Å²) in [5, 5.41) is 7.78. The molecule has 1 aliphatic heterocycles. The molecular weight excluding hydrogens is 408 g/mol. The number of fused-ring (bicyclic) bond motifs is 1. The van der Waals surface area contributed by atoms with Gasteiger partial charge in [-0.15, -0.1) is 0 Å². The molecule has 0 unspecified atom stereocenters. The van der Waals surface area contributed by atoms with Crippen LogP contribution in [0.25, 0.3) is 0 Å². The fourth-order valence-electron chi connectivity index (χ4n) is 4.55. The molecule has 0 radical (unpaired) electrons. The number of hydrogen-bond acceptors (Lipinski definition) is 4. The molecule has 0 amide bonds. The SMILES string of the molecule is COc1ccc([C@@H]2CC(=O)C3=C(C2)Nc2ccccc2N[C@H]3c2ccccc2Cl)cc1. The molecule has 0 saturated carbocycles. The lowest BCUT2D eigenvalue weighted by Gasteiger charge is -2.30. The van der Waals surface area contributed by atoms with Crippen molar-refractivity contribution in [3.63, 3.8) is 0 Å². The molecule has 1 aliphatic carbocycles. The number of rotatable bonds is 3. The number of nitrogens with one attached hydrogen (secondary N) is 2. The van der Waals surface area contributed by atoms with Crippen LogP contribution >= 0.6 is 11.6 Å². The molecule has 3 aromatic carbocycles. The molecule has 2 atom stereocenters. The van der Waals surface area contributed by atoms with Gasteiger partial charge in [0.05, 0.1) is 24.5 Å². The van der Waals surface area contributed by atoms with Gasteiger partial charge in [-0.05, 0) is 53.8 Å². The van der Waals surface area contributed by atoms with E-state index in [9.17, 15) is 4.79 Å². The van der Waals surface area contributed by atoms with Gasteiger partial charge in [0.15, 0.2) is 5.78 Å². The second-order valence-corrected chi connectivity index (χ2v) is 8.37. The third-order valence-electron chi connectivity index (χ3n) is 6.11. The summed E-state index contributed by atoms with van der Waals surface area (Å²) in [5.74, 6) is 1.07. The minimum Gasteiger partial charge on any atom is -0.497 e. The van der Waals surface area contributed by atoms with E-state index in [2.05, 4.69) is 22.8 Å². The topological polar surface area (TPSA) is 50.4 Å². The first-order valence-electron chi connectivity index (χ1n) is 10.4. The molecule has 31 heavy (non-hydrogen) atoms. The van der Waals surface area contributed by atoms with Gasteiger partial charge in [0.2, 0.25) is 0 Å². The predicted octanol–water partition coefficient (Wildman–Crippen LogP) is 6.33. The van der Waals surface area contributed by atoms with Crippen LogP contribution in [0, 0.1) is 0 Å². The second-order valence-electron chi connectivity index (χ2n) is 7.96. The van der Waals surface area contributed by atoms with Gasteiger partial charge >= 0.3 is 0 Å². The van der Waals surface area contributed by atoms with Crippen molar-refractivity contribution in [2.45, 2.75) is 24.8 Å². The molecular formula is C26H23ClN2O2. The van der Waals surface area contributed by atoms with E-state index in [0.717, 1.165) is 45.9 Å². The van der Waals surface area contributed by atoms with E-state index in [1.54, 1.807) is 7.11 Å². The van der Waals surface area contributed by atoms with E-state index >= 15 is 0 Å². The molecule has 2 aliphatic rings. The smallest absolute Gasteiger partial charge is 0.163 e. The summed E-state index contributed by atoms with van der Waals surface area (Å²) in [6.45, 7) is 0. The number of hydrogen-bond donors (Lipinski definition) is 2. The molecule has 1 heterocycles. The Balaban J connectivity index is 1.59. The van der Waals surface area contributed by atoms with E-state index < -0.39 is 0 Å². The zero-order valence-corrected chi connectivity index (χ0v) is 17.9. The largest absolute Gasteiger partial charge is 0.497 e. The Hall–Kier alpha value is -3.24. The fraction of sp³-hybridized carbons (Fsp3) is 0.192. The number of carbonyl (C=O) groups excluding carboxylic acids is 1. The van der Waals surface area contributed by atoms with Crippen LogP contribution in [0.1, 0.15) is 35.9 Å². The number of ketones is 1. The van der Waals surface area contributed by atoms with Gasteiger partial charge in [-0.2, -0.15) is 0 Å². The first kappa shape index (κ1) is 19.7. The summed E-state index contributed by atoms with van der Waals surface area (Å²) in [5.41, 5.74) is 5.70. The van der Waals surface area contributed by atoms with E-state index in [1.807, 2.05) is 60.7 Å². The molecule has 0 saturated heterocycles. The number of benzene rings is 3. The summed E-state index contributed by atoms with van der Waals surface area (Å²) >= 11 is 6.56. The van der Waals surface area contributed by atoms with Crippen molar-refractivity contribution >= 4 is 28.8 Å². The lowest BCUT2D eigenvalue weighted by atomic mass is 9.78. The highest BCUT2D eigenvalue weighted by Gasteiger charge is 2.36. The van der Waals surface area contributed by atoms with Crippen LogP contribution < -0.4 is 15.4 Å². The quantitative estimate of drug-likeness (QED) is 0.509. The predicted molar refractivity (Wildman–Crippen MR) is 125 cm³/mol. The van der Waals surface area contributed by atoms with Crippen molar-refractivity contribution in [1.29, 1.82) is 0 Å². The first-order valence-corrected chi connectivity index (χ1v) is 10.8. The van der Waals surface area contributed by atoms with Crippen LogP contribution in [0.5, 0.6) is 5.75 Å². The van der Waals surface area contributed by atoms with Gasteiger partial charge in [0.1, 0.15) is 5.75 Å². The number of halogens is 1. The molecule has 0 spiro atoms. The van der Waals surface area contributed by atoms with Crippen LogP contribution in [0.2, 0.25) is 5.02 Å². The van der Waals surface area contributed by atoms with E-state index in [-0.39, 0.29) is 17.7 Å². The molecule has 156 valence electrons. The molecule has 0 bridgehead atoms. The minimum atomic E-state index is -0.302. The molecule has 3 aromatic rings. The standard InChI is InChI=1S/C26H23ClN2O2/c1-31-18-12-10-16(11-13-18)17-14-23-25(24(30)15-17)26(19-6-2-3-7-20(19)27)29-22-9-5-4-8-21(22)28-23/h2-13,17,26,28-29H,14-15H2,1H3/t17-,26-/m0/s1. The molecule has 5 heteroatoms. The van der Waals surface area contributed by atoms with Gasteiger partial charge in [0.25, 0.3) is 0 Å². The number of methoxy groups -OCH3 is 1. The van der Waals surface area contributed by atoms with Crippen LogP contribution in [0.3, 0.4) is 0 Å². The van der Waals surface area contributed by atoms with Crippen LogP contribution in [0.15, 0.2) is 84.1 Å². The van der Waals surface area contributed by atoms with Crippen molar-refractivity contribution < 1.29 is 9.53 Å². The molecule has 5 rings (SSSR count). The zero-order valence-electron chi connectivity index (χ0n) is 17.2. The number of anilines is 2. The first-order chi connectivity index (χ1) is 15.1. The van der Waals surface area contributed by atoms with Crippen molar-refractivity contribution in [2.24, 2.45) is 0 Å². The monoisotopic (exact) mass is 430 g/mol. The molecule has 2 N–H and O–H groups in total. The maximum atomic E-state index is 13.5. The van der Waals surface area contributed by atoms with Crippen LogP contribution in [-0.2, 0) is 4.79 Å². The van der Waals surface area contributed by atoms with Crippen molar-refractivity contribution in [3.05, 3.63) is 100 Å². The third-order valence-corrected chi connectivity index (χ3v) is 6.46. The van der Waals surface area contributed by atoms with Crippen molar-refractivity contribution in [3.8, 4) is 5.75 Å². The third kappa shape index (κ3) is 3.68. The summed E-state index contributed by atoms with van der Waals surface area (Å²) in [6.07, 6.45) is 1.22. The molecule has 0 aromatic heterocycles. The van der Waals surface area contributed by atoms with E-state index in [0.29, 0.717) is 11.4 Å². The Morgan fingerprint density at radius 1 is 0.903 bits per heavy atom. The van der Waals surface area contributed by atoms with Gasteiger partial charge in [-0.1, -0.05) is 54.1 Å². The zero-order chi connectivity index (χ0) is 21.4. The average molecular weight is 431 g/mol. The van der Waals surface area contributed by atoms with Gasteiger partial charge < -0.3 is 15.4 Å². The van der Waals surface area contributed by atoms with Crippen LogP contribution in [-0.4, -0.2) is 12.9 Å². The summed E-state index contributed by atoms with van der Waals surface area (Å²) < 4.78 is 5.28. The molecule has 0 fully saturated rings. The maximum absolute atomic E-state index is 13.5. The van der Waals surface area contributed by atoms with Gasteiger partial charge in [0, 0.05) is 22.7 Å². The highest BCUT2D eigenvalue weighted by Crippen LogP contribution is 2.45. The summed E-state index contributed by atoms with van der Waals surface area (Å²) in [6, 6.07) is 23.5. The number of allylic oxidation sites excluding steroid dienone is 1. The van der Waals surface area contributed by atoms with Gasteiger partial charge in [-0.25, -0.2) is 0 Å². The summed E-state index contributed by atoms with van der Waals surface area (Å²) in [4.78, 5) is 13.5. The Labute approximate surface area is 186 Å². The highest BCUT2D eigenvalue weighted by molar-refractivity contribution is 6.31. The Morgan fingerprint density at radius 2 is 1.61 bits per heavy atom. The normalized spacial score (nSPS) is 20.1.